The van der Waals surface area contributed by atoms with Crippen molar-refractivity contribution in [3.8, 4) is 11.5 Å². The van der Waals surface area contributed by atoms with Crippen LogP contribution in [0.1, 0.15) is 107 Å². The molecule has 5 heteroatoms. The van der Waals surface area contributed by atoms with Gasteiger partial charge in [0.05, 0.1) is 23.8 Å². The standard InChI is InChI=1S/C28H38O5.CH4/c1-4-6-8-10-12-22(3)32-27(29)23-15-19-26(20-16-23)33-28(30)24-13-17-25(18-14-24)31-21-11-9-7-5-2;/h13-20,22H,4-12,21H2,1-3H3;1H4. The minimum Gasteiger partial charge on any atom is -0.494 e. The molecule has 5 nitrogen and oxygen atoms in total. The van der Waals surface area contributed by atoms with Gasteiger partial charge in [-0.1, -0.05) is 59.8 Å². The zero-order valence-electron chi connectivity index (χ0n) is 20.3. The van der Waals surface area contributed by atoms with E-state index in [-0.39, 0.29) is 19.5 Å². The lowest BCUT2D eigenvalue weighted by Crippen LogP contribution is -2.15. The van der Waals surface area contributed by atoms with Crippen molar-refractivity contribution >= 4 is 11.9 Å². The van der Waals surface area contributed by atoms with E-state index in [4.69, 9.17) is 14.2 Å². The molecule has 0 aromatic heterocycles. The van der Waals surface area contributed by atoms with Gasteiger partial charge < -0.3 is 14.2 Å². The Bertz CT molecular complexity index is 827. The van der Waals surface area contributed by atoms with Gasteiger partial charge in [0.15, 0.2) is 0 Å². The molecule has 2 aromatic carbocycles. The largest absolute Gasteiger partial charge is 0.494 e. The summed E-state index contributed by atoms with van der Waals surface area (Å²) in [6.07, 6.45) is 9.96. The molecule has 0 saturated heterocycles. The first kappa shape index (κ1) is 29.2. The van der Waals surface area contributed by atoms with Crippen molar-refractivity contribution < 1.29 is 23.8 Å². The van der Waals surface area contributed by atoms with Crippen molar-refractivity contribution in [1.82, 2.24) is 0 Å². The topological polar surface area (TPSA) is 61.8 Å². The van der Waals surface area contributed by atoms with E-state index in [9.17, 15) is 9.59 Å². The summed E-state index contributed by atoms with van der Waals surface area (Å²) >= 11 is 0. The smallest absolute Gasteiger partial charge is 0.343 e. The van der Waals surface area contributed by atoms with Crippen LogP contribution in [0.15, 0.2) is 48.5 Å². The molecule has 0 N–H and O–H groups in total. The maximum atomic E-state index is 12.4. The molecule has 2 aromatic rings. The quantitative estimate of drug-likeness (QED) is 0.150. The van der Waals surface area contributed by atoms with E-state index in [1.165, 1.54) is 25.7 Å². The van der Waals surface area contributed by atoms with E-state index in [1.807, 2.05) is 6.92 Å². The maximum absolute atomic E-state index is 12.4. The van der Waals surface area contributed by atoms with Crippen LogP contribution in [-0.4, -0.2) is 24.6 Å². The van der Waals surface area contributed by atoms with Gasteiger partial charge in [0.1, 0.15) is 11.5 Å². The molecule has 0 amide bonds. The predicted molar refractivity (Wildman–Crippen MR) is 138 cm³/mol. The highest BCUT2D eigenvalue weighted by Crippen LogP contribution is 2.18. The maximum Gasteiger partial charge on any atom is 0.343 e. The third-order valence-corrected chi connectivity index (χ3v) is 5.43. The molecule has 0 aliphatic rings. The Morgan fingerprint density at radius 1 is 0.706 bits per heavy atom. The number of benzene rings is 2. The van der Waals surface area contributed by atoms with E-state index in [1.54, 1.807) is 48.5 Å². The first-order chi connectivity index (χ1) is 16.0. The number of esters is 2. The highest BCUT2D eigenvalue weighted by molar-refractivity contribution is 5.92. The summed E-state index contributed by atoms with van der Waals surface area (Å²) in [5, 5.41) is 0. The van der Waals surface area contributed by atoms with Crippen molar-refractivity contribution in [2.45, 2.75) is 92.1 Å². The Morgan fingerprint density at radius 3 is 1.82 bits per heavy atom. The first-order valence-corrected chi connectivity index (χ1v) is 12.3. The minimum atomic E-state index is -0.458. The van der Waals surface area contributed by atoms with Crippen LogP contribution < -0.4 is 9.47 Å². The van der Waals surface area contributed by atoms with E-state index in [2.05, 4.69) is 13.8 Å². The molecule has 2 rings (SSSR count). The lowest BCUT2D eigenvalue weighted by atomic mass is 10.1. The molecular weight excluding hydrogens is 428 g/mol. The molecule has 1 unspecified atom stereocenters. The minimum absolute atomic E-state index is 0. The summed E-state index contributed by atoms with van der Waals surface area (Å²) in [4.78, 5) is 24.7. The Labute approximate surface area is 205 Å². The molecule has 0 bridgehead atoms. The fourth-order valence-electron chi connectivity index (χ4n) is 3.40. The Balaban J connectivity index is 0.00000578. The van der Waals surface area contributed by atoms with Crippen molar-refractivity contribution in [2.24, 2.45) is 0 Å². The Kier molecular flexibility index (Phi) is 14.4. The molecule has 0 spiro atoms. The van der Waals surface area contributed by atoms with Crippen molar-refractivity contribution in [1.29, 1.82) is 0 Å². The van der Waals surface area contributed by atoms with Crippen molar-refractivity contribution in [2.75, 3.05) is 6.61 Å². The lowest BCUT2D eigenvalue weighted by molar-refractivity contribution is 0.0319. The molecular formula is C29H42O5. The molecule has 188 valence electrons. The van der Waals surface area contributed by atoms with Crippen molar-refractivity contribution in [3.63, 3.8) is 0 Å². The summed E-state index contributed by atoms with van der Waals surface area (Å²) in [6, 6.07) is 13.4. The van der Waals surface area contributed by atoms with E-state index in [0.29, 0.717) is 23.5 Å². The van der Waals surface area contributed by atoms with Gasteiger partial charge in [-0.3, -0.25) is 0 Å². The summed E-state index contributed by atoms with van der Waals surface area (Å²) in [7, 11) is 0. The van der Waals surface area contributed by atoms with E-state index < -0.39 is 5.97 Å². The van der Waals surface area contributed by atoms with Gasteiger partial charge in [-0.05, 0) is 74.7 Å². The van der Waals surface area contributed by atoms with Crippen LogP contribution >= 0.6 is 0 Å². The normalized spacial score (nSPS) is 11.3. The second-order valence-corrected chi connectivity index (χ2v) is 8.41. The average molecular weight is 471 g/mol. The van der Waals surface area contributed by atoms with Crippen LogP contribution in [0, 0.1) is 0 Å². The number of unbranched alkanes of at least 4 members (excludes halogenated alkanes) is 6. The summed E-state index contributed by atoms with van der Waals surface area (Å²) in [5.41, 5.74) is 0.879. The number of ether oxygens (including phenoxy) is 3. The first-order valence-electron chi connectivity index (χ1n) is 12.3. The van der Waals surface area contributed by atoms with Gasteiger partial charge >= 0.3 is 11.9 Å². The second-order valence-electron chi connectivity index (χ2n) is 8.41. The summed E-state index contributed by atoms with van der Waals surface area (Å²) in [5.74, 6) is 0.299. The third-order valence-electron chi connectivity index (χ3n) is 5.43. The second kappa shape index (κ2) is 16.7. The van der Waals surface area contributed by atoms with Crippen LogP contribution in [0.3, 0.4) is 0 Å². The van der Waals surface area contributed by atoms with E-state index in [0.717, 1.165) is 37.9 Å². The molecule has 0 fully saturated rings. The Hall–Kier alpha value is -2.82. The highest BCUT2D eigenvalue weighted by Gasteiger charge is 2.13. The van der Waals surface area contributed by atoms with Gasteiger partial charge in [-0.2, -0.15) is 0 Å². The zero-order chi connectivity index (χ0) is 23.9. The fourth-order valence-corrected chi connectivity index (χ4v) is 3.40. The van der Waals surface area contributed by atoms with Crippen LogP contribution in [-0.2, 0) is 4.74 Å². The van der Waals surface area contributed by atoms with Gasteiger partial charge in [0.2, 0.25) is 0 Å². The molecule has 0 saturated carbocycles. The highest BCUT2D eigenvalue weighted by atomic mass is 16.5. The molecule has 1 atom stereocenters. The molecule has 0 aliphatic carbocycles. The monoisotopic (exact) mass is 470 g/mol. The van der Waals surface area contributed by atoms with Crippen LogP contribution in [0.5, 0.6) is 11.5 Å². The van der Waals surface area contributed by atoms with Crippen LogP contribution in [0.2, 0.25) is 0 Å². The summed E-state index contributed by atoms with van der Waals surface area (Å²) in [6.45, 7) is 6.95. The van der Waals surface area contributed by atoms with Crippen LogP contribution in [0.4, 0.5) is 0 Å². The van der Waals surface area contributed by atoms with E-state index >= 15 is 0 Å². The van der Waals surface area contributed by atoms with Crippen molar-refractivity contribution in [3.05, 3.63) is 59.7 Å². The SMILES string of the molecule is C.CCCCCCOc1ccc(C(=O)Oc2ccc(C(=O)OC(C)CCCCCC)cc2)cc1. The fraction of sp³-hybridized carbons (Fsp3) is 0.517. The lowest BCUT2D eigenvalue weighted by Gasteiger charge is -2.13. The average Bonchev–Trinajstić information content (AvgIpc) is 2.82. The molecule has 34 heavy (non-hydrogen) atoms. The number of hydrogen-bond acceptors (Lipinski definition) is 5. The van der Waals surface area contributed by atoms with Gasteiger partial charge in [0, 0.05) is 0 Å². The number of carbonyl (C=O) groups is 2. The van der Waals surface area contributed by atoms with Gasteiger partial charge in [-0.15, -0.1) is 0 Å². The molecule has 0 radical (unpaired) electrons. The van der Waals surface area contributed by atoms with Crippen LogP contribution in [0.25, 0.3) is 0 Å². The zero-order valence-corrected chi connectivity index (χ0v) is 20.3. The number of hydrogen-bond donors (Lipinski definition) is 0. The van der Waals surface area contributed by atoms with Gasteiger partial charge in [0.25, 0.3) is 0 Å². The van der Waals surface area contributed by atoms with Gasteiger partial charge in [-0.25, -0.2) is 9.59 Å². The molecule has 0 heterocycles. The molecule has 0 aliphatic heterocycles. The third kappa shape index (κ3) is 10.9. The number of carbonyl (C=O) groups excluding carboxylic acids is 2. The predicted octanol–water partition coefficient (Wildman–Crippen LogP) is 8.02. The Morgan fingerprint density at radius 2 is 1.24 bits per heavy atom. The summed E-state index contributed by atoms with van der Waals surface area (Å²) < 4.78 is 16.6. The number of rotatable bonds is 15.